The smallest absolute Gasteiger partial charge is 0.253 e. The number of nitrogens with one attached hydrogen (secondary N) is 1. The Hall–Kier alpha value is -2.62. The fourth-order valence-corrected chi connectivity index (χ4v) is 2.58. The van der Waals surface area contributed by atoms with Gasteiger partial charge >= 0.3 is 0 Å². The number of carbonyl (C=O) groups is 1. The van der Waals surface area contributed by atoms with Crippen LogP contribution in [-0.2, 0) is 0 Å². The molecule has 0 radical (unpaired) electrons. The van der Waals surface area contributed by atoms with E-state index >= 15 is 0 Å². The number of aromatic nitrogens is 2. The van der Waals surface area contributed by atoms with Crippen molar-refractivity contribution in [1.29, 1.82) is 0 Å². The largest absolute Gasteiger partial charge is 0.345 e. The first-order chi connectivity index (χ1) is 10.1. The topological polar surface area (TPSA) is 49.0 Å². The molecule has 4 nitrogen and oxygen atoms in total. The second-order valence-corrected chi connectivity index (χ2v) is 5.37. The monoisotopic (exact) mass is 279 g/mol. The molecule has 1 aromatic heterocycles. The number of hydrogen-bond acceptors (Lipinski definition) is 2. The first-order valence-corrected chi connectivity index (χ1v) is 6.82. The van der Waals surface area contributed by atoms with Crippen LogP contribution >= 0.6 is 0 Å². The molecule has 4 heteroatoms. The quantitative estimate of drug-likeness (QED) is 0.783. The van der Waals surface area contributed by atoms with E-state index in [4.69, 9.17) is 0 Å². The highest BCUT2D eigenvalue weighted by Gasteiger charge is 2.12. The maximum Gasteiger partial charge on any atom is 0.253 e. The summed E-state index contributed by atoms with van der Waals surface area (Å²) in [4.78, 5) is 13.7. The van der Waals surface area contributed by atoms with Gasteiger partial charge in [0.25, 0.3) is 5.91 Å². The van der Waals surface area contributed by atoms with Crippen LogP contribution in [0.5, 0.6) is 0 Å². The van der Waals surface area contributed by atoms with Crippen LogP contribution in [-0.4, -0.2) is 35.1 Å². The average Bonchev–Trinajstić information content (AvgIpc) is 2.94. The molecule has 0 aliphatic carbocycles. The van der Waals surface area contributed by atoms with Crippen molar-refractivity contribution in [2.75, 3.05) is 14.1 Å². The minimum atomic E-state index is 0.00821. The second-order valence-electron chi connectivity index (χ2n) is 5.37. The van der Waals surface area contributed by atoms with Crippen LogP contribution in [0, 0.1) is 6.92 Å². The Morgan fingerprint density at radius 1 is 1.19 bits per heavy atom. The lowest BCUT2D eigenvalue weighted by Gasteiger charge is -2.12. The van der Waals surface area contributed by atoms with Crippen LogP contribution in [0.4, 0.5) is 0 Å². The molecule has 0 unspecified atom stereocenters. The lowest BCUT2D eigenvalue weighted by Crippen LogP contribution is -2.21. The molecule has 1 heterocycles. The summed E-state index contributed by atoms with van der Waals surface area (Å²) in [6.45, 7) is 2.07. The number of nitrogens with zero attached hydrogens (tertiary/aromatic N) is 2. The first-order valence-electron chi connectivity index (χ1n) is 6.82. The van der Waals surface area contributed by atoms with Crippen LogP contribution in [0.2, 0.25) is 0 Å². The number of aromatic amines is 1. The van der Waals surface area contributed by atoms with Crippen molar-refractivity contribution < 1.29 is 4.79 Å². The van der Waals surface area contributed by atoms with Crippen molar-refractivity contribution in [3.8, 4) is 11.1 Å². The molecule has 3 rings (SSSR count). The van der Waals surface area contributed by atoms with Gasteiger partial charge in [0, 0.05) is 25.0 Å². The number of benzene rings is 2. The molecular formula is C17H17N3O. The number of amides is 1. The summed E-state index contributed by atoms with van der Waals surface area (Å²) in [7, 11) is 3.52. The Balaban J connectivity index is 2.19. The van der Waals surface area contributed by atoms with Gasteiger partial charge < -0.3 is 4.90 Å². The van der Waals surface area contributed by atoms with Crippen molar-refractivity contribution in [3.63, 3.8) is 0 Å². The molecular weight excluding hydrogens is 262 g/mol. The lowest BCUT2D eigenvalue weighted by atomic mass is 9.95. The molecule has 0 aliphatic rings. The molecule has 3 aromatic rings. The third-order valence-electron chi connectivity index (χ3n) is 3.64. The Morgan fingerprint density at radius 2 is 2.00 bits per heavy atom. The molecule has 106 valence electrons. The number of hydrogen-bond donors (Lipinski definition) is 1. The van der Waals surface area contributed by atoms with Gasteiger partial charge in [-0.2, -0.15) is 5.10 Å². The zero-order chi connectivity index (χ0) is 15.0. The zero-order valence-electron chi connectivity index (χ0n) is 12.3. The molecule has 0 saturated heterocycles. The highest BCUT2D eigenvalue weighted by Crippen LogP contribution is 2.31. The number of carbonyl (C=O) groups excluding carboxylic acids is 1. The molecule has 0 atom stereocenters. The van der Waals surface area contributed by atoms with Crippen molar-refractivity contribution in [3.05, 3.63) is 53.7 Å². The molecule has 1 amide bonds. The summed E-state index contributed by atoms with van der Waals surface area (Å²) in [5.41, 5.74) is 5.01. The van der Waals surface area contributed by atoms with Crippen molar-refractivity contribution >= 4 is 16.8 Å². The molecule has 0 aliphatic heterocycles. The van der Waals surface area contributed by atoms with E-state index < -0.39 is 0 Å². The van der Waals surface area contributed by atoms with E-state index in [0.29, 0.717) is 5.56 Å². The van der Waals surface area contributed by atoms with Crippen LogP contribution < -0.4 is 0 Å². The second kappa shape index (κ2) is 5.05. The summed E-state index contributed by atoms with van der Waals surface area (Å²) in [6, 6.07) is 11.8. The number of aryl methyl sites for hydroxylation is 1. The number of rotatable bonds is 2. The SMILES string of the molecule is Cc1ccc2[nH]ncc2c1-c1cccc(C(=O)N(C)C)c1. The van der Waals surface area contributed by atoms with Gasteiger partial charge in [-0.3, -0.25) is 9.89 Å². The first kappa shape index (κ1) is 13.4. The third kappa shape index (κ3) is 2.29. The molecule has 21 heavy (non-hydrogen) atoms. The Kier molecular flexibility index (Phi) is 3.22. The molecule has 1 N–H and O–H groups in total. The summed E-state index contributed by atoms with van der Waals surface area (Å²) < 4.78 is 0. The van der Waals surface area contributed by atoms with Crippen molar-refractivity contribution in [1.82, 2.24) is 15.1 Å². The van der Waals surface area contributed by atoms with E-state index in [1.165, 1.54) is 5.56 Å². The Morgan fingerprint density at radius 3 is 2.76 bits per heavy atom. The minimum absolute atomic E-state index is 0.00821. The van der Waals surface area contributed by atoms with Crippen LogP contribution in [0.15, 0.2) is 42.6 Å². The van der Waals surface area contributed by atoms with E-state index in [9.17, 15) is 4.79 Å². The summed E-state index contributed by atoms with van der Waals surface area (Å²) >= 11 is 0. The predicted octanol–water partition coefficient (Wildman–Crippen LogP) is 3.24. The maximum atomic E-state index is 12.1. The van der Waals surface area contributed by atoms with E-state index in [-0.39, 0.29) is 5.91 Å². The lowest BCUT2D eigenvalue weighted by molar-refractivity contribution is 0.0827. The molecule has 0 bridgehead atoms. The zero-order valence-corrected chi connectivity index (χ0v) is 12.3. The third-order valence-corrected chi connectivity index (χ3v) is 3.64. The van der Waals surface area contributed by atoms with Crippen LogP contribution in [0.25, 0.3) is 22.0 Å². The van der Waals surface area contributed by atoms with Crippen LogP contribution in [0.3, 0.4) is 0 Å². The van der Waals surface area contributed by atoms with Gasteiger partial charge in [0.15, 0.2) is 0 Å². The Bertz CT molecular complexity index is 818. The molecule has 0 saturated carbocycles. The fourth-order valence-electron chi connectivity index (χ4n) is 2.58. The molecule has 0 fully saturated rings. The van der Waals surface area contributed by atoms with E-state index in [1.54, 1.807) is 19.0 Å². The fraction of sp³-hybridized carbons (Fsp3) is 0.176. The summed E-state index contributed by atoms with van der Waals surface area (Å²) in [5.74, 6) is 0.00821. The van der Waals surface area contributed by atoms with Gasteiger partial charge in [0.2, 0.25) is 0 Å². The van der Waals surface area contributed by atoms with E-state index in [1.807, 2.05) is 36.5 Å². The van der Waals surface area contributed by atoms with E-state index in [0.717, 1.165) is 22.0 Å². The van der Waals surface area contributed by atoms with Gasteiger partial charge in [-0.1, -0.05) is 18.2 Å². The van der Waals surface area contributed by atoms with Gasteiger partial charge in [-0.15, -0.1) is 0 Å². The van der Waals surface area contributed by atoms with Gasteiger partial charge in [-0.05, 0) is 41.8 Å². The van der Waals surface area contributed by atoms with Gasteiger partial charge in [-0.25, -0.2) is 0 Å². The Labute approximate surface area is 123 Å². The van der Waals surface area contributed by atoms with Crippen molar-refractivity contribution in [2.24, 2.45) is 0 Å². The van der Waals surface area contributed by atoms with Crippen molar-refractivity contribution in [2.45, 2.75) is 6.92 Å². The van der Waals surface area contributed by atoms with Gasteiger partial charge in [0.05, 0.1) is 11.7 Å². The normalized spacial score (nSPS) is 10.8. The summed E-state index contributed by atoms with van der Waals surface area (Å²) in [6.07, 6.45) is 1.83. The molecule has 0 spiro atoms. The standard InChI is InChI=1S/C17H17N3O/c1-11-7-8-15-14(10-18-19-15)16(11)12-5-4-6-13(9-12)17(21)20(2)3/h4-10H,1-3H3,(H,18,19). The van der Waals surface area contributed by atoms with Crippen LogP contribution in [0.1, 0.15) is 15.9 Å². The highest BCUT2D eigenvalue weighted by molar-refractivity contribution is 5.99. The molecule has 2 aromatic carbocycles. The highest BCUT2D eigenvalue weighted by atomic mass is 16.2. The summed E-state index contributed by atoms with van der Waals surface area (Å²) in [5, 5.41) is 8.18. The van der Waals surface area contributed by atoms with E-state index in [2.05, 4.69) is 23.2 Å². The minimum Gasteiger partial charge on any atom is -0.345 e. The average molecular weight is 279 g/mol. The van der Waals surface area contributed by atoms with Gasteiger partial charge in [0.1, 0.15) is 0 Å². The predicted molar refractivity (Wildman–Crippen MR) is 84.3 cm³/mol. The maximum absolute atomic E-state index is 12.1. The number of H-pyrrole nitrogens is 1. The number of fused-ring (bicyclic) bond motifs is 1.